The molecule has 0 radical (unpaired) electrons. The van der Waals surface area contributed by atoms with E-state index in [0.717, 1.165) is 50.0 Å². The molecule has 1 aromatic heterocycles. The van der Waals surface area contributed by atoms with E-state index in [9.17, 15) is 13.2 Å². The van der Waals surface area contributed by atoms with Crippen LogP contribution in [-0.4, -0.2) is 49.6 Å². The lowest BCUT2D eigenvalue weighted by atomic mass is 9.94. The van der Waals surface area contributed by atoms with Crippen LogP contribution in [0.25, 0.3) is 11.0 Å². The first-order valence-electron chi connectivity index (χ1n) is 10.1. The first-order chi connectivity index (χ1) is 14.2. The van der Waals surface area contributed by atoms with E-state index < -0.39 is 9.84 Å². The lowest BCUT2D eigenvalue weighted by Gasteiger charge is -2.26. The number of aromatic nitrogens is 2. The van der Waals surface area contributed by atoms with Crippen LogP contribution in [0.5, 0.6) is 0 Å². The summed E-state index contributed by atoms with van der Waals surface area (Å²) >= 11 is 0. The van der Waals surface area contributed by atoms with Gasteiger partial charge in [-0.15, -0.1) is 0 Å². The Morgan fingerprint density at radius 3 is 2.60 bits per heavy atom. The van der Waals surface area contributed by atoms with Crippen molar-refractivity contribution < 1.29 is 17.9 Å². The Bertz CT molecular complexity index is 1090. The van der Waals surface area contributed by atoms with Crippen molar-refractivity contribution in [3.05, 3.63) is 36.2 Å². The fourth-order valence-corrected chi connectivity index (χ4v) is 5.00. The molecule has 0 aliphatic carbocycles. The quantitative estimate of drug-likeness (QED) is 0.313. The predicted molar refractivity (Wildman–Crippen MR) is 118 cm³/mol. The molecule has 30 heavy (non-hydrogen) atoms. The SMILES string of the molecule is CN=C(/C=C\C=O)S(=O)(=O)c1ccc2c(c1)nc(C(C)(C)C)n2CC1CCOCC1. The number of hydrogen-bond acceptors (Lipinski definition) is 6. The second-order valence-electron chi connectivity index (χ2n) is 8.56. The molecule has 1 aliphatic heterocycles. The van der Waals surface area contributed by atoms with E-state index in [1.807, 2.05) is 6.07 Å². The Morgan fingerprint density at radius 1 is 1.30 bits per heavy atom. The van der Waals surface area contributed by atoms with Crippen LogP contribution in [0.4, 0.5) is 0 Å². The summed E-state index contributed by atoms with van der Waals surface area (Å²) in [5.74, 6) is 1.44. The normalized spacial score (nSPS) is 17.1. The van der Waals surface area contributed by atoms with Crippen molar-refractivity contribution in [3.8, 4) is 0 Å². The minimum atomic E-state index is -3.84. The van der Waals surface area contributed by atoms with Crippen LogP contribution < -0.4 is 0 Å². The third kappa shape index (κ3) is 4.54. The van der Waals surface area contributed by atoms with E-state index >= 15 is 0 Å². The second-order valence-corrected chi connectivity index (χ2v) is 10.5. The number of imidazole rings is 1. The summed E-state index contributed by atoms with van der Waals surface area (Å²) in [5.41, 5.74) is 1.37. The largest absolute Gasteiger partial charge is 0.381 e. The van der Waals surface area contributed by atoms with Gasteiger partial charge in [-0.1, -0.05) is 20.8 Å². The molecule has 0 amide bonds. The number of allylic oxidation sites excluding steroid dienone is 1. The highest BCUT2D eigenvalue weighted by molar-refractivity contribution is 8.06. The molecule has 2 heterocycles. The summed E-state index contributed by atoms with van der Waals surface area (Å²) in [5, 5.41) is -0.161. The van der Waals surface area contributed by atoms with Gasteiger partial charge in [0.15, 0.2) is 5.04 Å². The summed E-state index contributed by atoms with van der Waals surface area (Å²) in [6.07, 6.45) is 4.87. The molecule has 0 bridgehead atoms. The molecule has 0 spiro atoms. The topological polar surface area (TPSA) is 90.6 Å². The van der Waals surface area contributed by atoms with Gasteiger partial charge in [0, 0.05) is 32.2 Å². The number of hydrogen-bond donors (Lipinski definition) is 0. The Morgan fingerprint density at radius 2 is 2.00 bits per heavy atom. The molecule has 8 heteroatoms. The number of carbonyl (C=O) groups is 1. The van der Waals surface area contributed by atoms with Crippen molar-refractivity contribution in [1.29, 1.82) is 0 Å². The molecule has 0 N–H and O–H groups in total. The second kappa shape index (κ2) is 8.81. The van der Waals surface area contributed by atoms with Gasteiger partial charge >= 0.3 is 0 Å². The van der Waals surface area contributed by atoms with Crippen LogP contribution in [0.3, 0.4) is 0 Å². The Hall–Kier alpha value is -2.32. The molecular formula is C22H29N3O4S. The number of fused-ring (bicyclic) bond motifs is 1. The first-order valence-corrected chi connectivity index (χ1v) is 11.6. The zero-order valence-corrected chi connectivity index (χ0v) is 18.8. The van der Waals surface area contributed by atoms with Gasteiger partial charge in [-0.2, -0.15) is 0 Å². The summed E-state index contributed by atoms with van der Waals surface area (Å²) in [6, 6.07) is 5.01. The van der Waals surface area contributed by atoms with E-state index in [1.54, 1.807) is 12.1 Å². The van der Waals surface area contributed by atoms with Gasteiger partial charge in [-0.3, -0.25) is 9.79 Å². The average molecular weight is 432 g/mol. The Balaban J connectivity index is 2.08. The molecule has 0 saturated carbocycles. The van der Waals surface area contributed by atoms with E-state index in [-0.39, 0.29) is 15.4 Å². The van der Waals surface area contributed by atoms with Crippen LogP contribution >= 0.6 is 0 Å². The van der Waals surface area contributed by atoms with Crippen molar-refractivity contribution in [1.82, 2.24) is 9.55 Å². The molecule has 0 atom stereocenters. The predicted octanol–water partition coefficient (Wildman–Crippen LogP) is 3.32. The van der Waals surface area contributed by atoms with Crippen molar-refractivity contribution in [2.24, 2.45) is 10.9 Å². The van der Waals surface area contributed by atoms with Crippen LogP contribution in [0.1, 0.15) is 39.4 Å². The lowest BCUT2D eigenvalue weighted by Crippen LogP contribution is -2.25. The number of sulfone groups is 1. The van der Waals surface area contributed by atoms with Gasteiger partial charge in [0.05, 0.1) is 15.9 Å². The molecule has 7 nitrogen and oxygen atoms in total. The van der Waals surface area contributed by atoms with Gasteiger partial charge in [-0.25, -0.2) is 13.4 Å². The van der Waals surface area contributed by atoms with Crippen LogP contribution in [0.15, 0.2) is 40.2 Å². The summed E-state index contributed by atoms with van der Waals surface area (Å²) in [7, 11) is -2.45. The molecule has 1 fully saturated rings. The highest BCUT2D eigenvalue weighted by Crippen LogP contribution is 2.30. The minimum Gasteiger partial charge on any atom is -0.381 e. The van der Waals surface area contributed by atoms with Gasteiger partial charge in [0.1, 0.15) is 12.1 Å². The molecule has 162 valence electrons. The number of aliphatic imine (C=N–C) groups is 1. The maximum Gasteiger partial charge on any atom is 0.223 e. The third-order valence-corrected chi connectivity index (χ3v) is 7.04. The third-order valence-electron chi connectivity index (χ3n) is 5.30. The fraction of sp³-hybridized carbons (Fsp3) is 0.500. The Kier molecular flexibility index (Phi) is 6.57. The fourth-order valence-electron chi connectivity index (χ4n) is 3.75. The van der Waals surface area contributed by atoms with E-state index in [0.29, 0.717) is 17.7 Å². The van der Waals surface area contributed by atoms with Gasteiger partial charge in [0.25, 0.3) is 0 Å². The standard InChI is InChI=1S/C22H29N3O4S/c1-22(2,3)21-24-18-14-17(30(27,28)20(23-4)6-5-11-26)7-8-19(18)25(21)15-16-9-12-29-13-10-16/h5-8,11,14,16H,9-10,12-13,15H2,1-4H3/b6-5-,23-20?. The van der Waals surface area contributed by atoms with Crippen molar-refractivity contribution in [2.45, 2.75) is 50.5 Å². The molecule has 1 aliphatic rings. The molecule has 3 rings (SSSR count). The number of rotatable bonds is 5. The number of nitrogens with zero attached hydrogens (tertiary/aromatic N) is 3. The molecule has 0 unspecified atom stereocenters. The number of aldehydes is 1. The maximum absolute atomic E-state index is 13.0. The summed E-state index contributed by atoms with van der Waals surface area (Å²) in [6.45, 7) is 8.72. The summed E-state index contributed by atoms with van der Waals surface area (Å²) in [4.78, 5) is 19.4. The first kappa shape index (κ1) is 22.4. The average Bonchev–Trinajstić information content (AvgIpc) is 3.07. The van der Waals surface area contributed by atoms with Crippen LogP contribution in [-0.2, 0) is 31.3 Å². The minimum absolute atomic E-state index is 0.113. The van der Waals surface area contributed by atoms with E-state index in [1.165, 1.54) is 13.1 Å². The van der Waals surface area contributed by atoms with Gasteiger partial charge < -0.3 is 9.30 Å². The van der Waals surface area contributed by atoms with Gasteiger partial charge in [-0.05, 0) is 49.1 Å². The smallest absolute Gasteiger partial charge is 0.223 e. The van der Waals surface area contributed by atoms with E-state index in [4.69, 9.17) is 9.72 Å². The van der Waals surface area contributed by atoms with E-state index in [2.05, 4.69) is 30.3 Å². The van der Waals surface area contributed by atoms with Crippen molar-refractivity contribution in [2.75, 3.05) is 20.3 Å². The number of carbonyl (C=O) groups excluding carboxylic acids is 1. The van der Waals surface area contributed by atoms with Crippen LogP contribution in [0.2, 0.25) is 0 Å². The maximum atomic E-state index is 13.0. The molecular weight excluding hydrogens is 402 g/mol. The van der Waals surface area contributed by atoms with Crippen LogP contribution in [0, 0.1) is 5.92 Å². The van der Waals surface area contributed by atoms with Crippen molar-refractivity contribution >= 4 is 32.2 Å². The number of ether oxygens (including phenoxy) is 1. The molecule has 2 aromatic rings. The molecule has 1 saturated heterocycles. The monoisotopic (exact) mass is 431 g/mol. The highest BCUT2D eigenvalue weighted by atomic mass is 32.2. The number of benzene rings is 1. The molecule has 1 aromatic carbocycles. The summed E-state index contributed by atoms with van der Waals surface area (Å²) < 4.78 is 33.7. The Labute approximate surface area is 177 Å². The highest BCUT2D eigenvalue weighted by Gasteiger charge is 2.27. The zero-order chi connectivity index (χ0) is 21.9. The lowest BCUT2D eigenvalue weighted by molar-refractivity contribution is -0.104. The zero-order valence-electron chi connectivity index (χ0n) is 18.0. The van der Waals surface area contributed by atoms with Crippen molar-refractivity contribution in [3.63, 3.8) is 0 Å². The van der Waals surface area contributed by atoms with Gasteiger partial charge in [0.2, 0.25) is 9.84 Å².